The van der Waals surface area contributed by atoms with Gasteiger partial charge in [-0.3, -0.25) is 9.80 Å². The standard InChI is InChI=1S/C25H25FN2O2/c26-20-9-10-24-23(17-20)25(22-8-2-1-5-19(22)18-30-24)28-14-12-27(13-15-28)11-3-6-21-7-4-16-29-21/h1-10,16-17,25H,11-15,18H2/b6-3+. The lowest BCUT2D eigenvalue weighted by atomic mass is 9.93. The summed E-state index contributed by atoms with van der Waals surface area (Å²) in [7, 11) is 0. The van der Waals surface area contributed by atoms with Crippen LogP contribution in [0.3, 0.4) is 0 Å². The maximum Gasteiger partial charge on any atom is 0.126 e. The lowest BCUT2D eigenvalue weighted by molar-refractivity contribution is 0.117. The molecule has 0 N–H and O–H groups in total. The molecule has 0 aliphatic carbocycles. The van der Waals surface area contributed by atoms with Crippen molar-refractivity contribution in [1.82, 2.24) is 9.80 Å². The van der Waals surface area contributed by atoms with Crippen LogP contribution < -0.4 is 4.74 Å². The number of nitrogens with zero attached hydrogens (tertiary/aromatic N) is 2. The second-order valence-corrected chi connectivity index (χ2v) is 7.83. The molecule has 0 radical (unpaired) electrons. The van der Waals surface area contributed by atoms with Crippen molar-refractivity contribution in [3.05, 3.63) is 95.2 Å². The summed E-state index contributed by atoms with van der Waals surface area (Å²) in [5, 5.41) is 0. The van der Waals surface area contributed by atoms with Crippen LogP contribution in [0.25, 0.3) is 6.08 Å². The van der Waals surface area contributed by atoms with Crippen molar-refractivity contribution < 1.29 is 13.5 Å². The summed E-state index contributed by atoms with van der Waals surface area (Å²) in [5.41, 5.74) is 3.31. The van der Waals surface area contributed by atoms with Crippen LogP contribution in [-0.4, -0.2) is 42.5 Å². The van der Waals surface area contributed by atoms with E-state index >= 15 is 0 Å². The van der Waals surface area contributed by atoms with Crippen molar-refractivity contribution in [3.8, 4) is 5.75 Å². The van der Waals surface area contributed by atoms with Gasteiger partial charge in [0.2, 0.25) is 0 Å². The predicted molar refractivity (Wildman–Crippen MR) is 115 cm³/mol. The highest BCUT2D eigenvalue weighted by atomic mass is 19.1. The zero-order valence-corrected chi connectivity index (χ0v) is 16.8. The fourth-order valence-corrected chi connectivity index (χ4v) is 4.42. The second kappa shape index (κ2) is 8.46. The summed E-state index contributed by atoms with van der Waals surface area (Å²) >= 11 is 0. The molecule has 0 bridgehead atoms. The summed E-state index contributed by atoms with van der Waals surface area (Å²) in [6.45, 7) is 5.18. The summed E-state index contributed by atoms with van der Waals surface area (Å²) in [6, 6.07) is 17.1. The topological polar surface area (TPSA) is 28.9 Å². The van der Waals surface area contributed by atoms with E-state index in [0.717, 1.165) is 49.8 Å². The molecule has 2 aliphatic heterocycles. The molecular weight excluding hydrogens is 379 g/mol. The van der Waals surface area contributed by atoms with Crippen molar-refractivity contribution in [2.24, 2.45) is 0 Å². The second-order valence-electron chi connectivity index (χ2n) is 7.83. The Labute approximate surface area is 176 Å². The van der Waals surface area contributed by atoms with E-state index in [1.165, 1.54) is 17.2 Å². The minimum Gasteiger partial charge on any atom is -0.489 e. The van der Waals surface area contributed by atoms with Crippen LogP contribution in [0.5, 0.6) is 5.75 Å². The van der Waals surface area contributed by atoms with E-state index in [1.54, 1.807) is 18.4 Å². The molecule has 5 rings (SSSR count). The van der Waals surface area contributed by atoms with Crippen LogP contribution >= 0.6 is 0 Å². The Morgan fingerprint density at radius 1 is 0.967 bits per heavy atom. The van der Waals surface area contributed by atoms with Gasteiger partial charge in [-0.15, -0.1) is 0 Å². The molecule has 5 heteroatoms. The number of furan rings is 1. The number of benzene rings is 2. The van der Waals surface area contributed by atoms with Crippen molar-refractivity contribution in [3.63, 3.8) is 0 Å². The van der Waals surface area contributed by atoms with Crippen molar-refractivity contribution >= 4 is 6.08 Å². The largest absolute Gasteiger partial charge is 0.489 e. The first-order valence-electron chi connectivity index (χ1n) is 10.4. The number of rotatable bonds is 4. The zero-order valence-electron chi connectivity index (χ0n) is 16.8. The number of piperazine rings is 1. The highest BCUT2D eigenvalue weighted by Gasteiger charge is 2.31. The van der Waals surface area contributed by atoms with E-state index in [-0.39, 0.29) is 11.9 Å². The van der Waals surface area contributed by atoms with Gasteiger partial charge in [-0.1, -0.05) is 30.3 Å². The van der Waals surface area contributed by atoms with Gasteiger partial charge in [0.25, 0.3) is 0 Å². The summed E-state index contributed by atoms with van der Waals surface area (Å²) in [5.74, 6) is 1.44. The minimum absolute atomic E-state index is 0.00945. The van der Waals surface area contributed by atoms with E-state index in [0.29, 0.717) is 6.61 Å². The first kappa shape index (κ1) is 19.1. The van der Waals surface area contributed by atoms with Crippen molar-refractivity contribution in [2.45, 2.75) is 12.6 Å². The van der Waals surface area contributed by atoms with Crippen molar-refractivity contribution in [2.75, 3.05) is 32.7 Å². The van der Waals surface area contributed by atoms with Gasteiger partial charge in [-0.2, -0.15) is 0 Å². The molecule has 2 aliphatic rings. The maximum absolute atomic E-state index is 14.2. The lowest BCUT2D eigenvalue weighted by Crippen LogP contribution is -2.47. The molecule has 0 spiro atoms. The molecule has 154 valence electrons. The number of hydrogen-bond acceptors (Lipinski definition) is 4. The number of hydrogen-bond donors (Lipinski definition) is 0. The van der Waals surface area contributed by atoms with Gasteiger partial charge in [0.1, 0.15) is 23.9 Å². The summed E-state index contributed by atoms with van der Waals surface area (Å²) in [4.78, 5) is 4.89. The van der Waals surface area contributed by atoms with Crippen LogP contribution in [0.2, 0.25) is 0 Å². The number of fused-ring (bicyclic) bond motifs is 2. The maximum atomic E-state index is 14.2. The third-order valence-corrected chi connectivity index (χ3v) is 5.96. The molecule has 2 aromatic carbocycles. The highest BCUT2D eigenvalue weighted by Crippen LogP contribution is 2.40. The molecule has 1 fully saturated rings. The summed E-state index contributed by atoms with van der Waals surface area (Å²) in [6.07, 6.45) is 5.85. The minimum atomic E-state index is -0.219. The molecule has 0 saturated carbocycles. The molecule has 3 heterocycles. The van der Waals surface area contributed by atoms with E-state index < -0.39 is 0 Å². The van der Waals surface area contributed by atoms with Crippen molar-refractivity contribution in [1.29, 1.82) is 0 Å². The third-order valence-electron chi connectivity index (χ3n) is 5.96. The van der Waals surface area contributed by atoms with Crippen LogP contribution in [-0.2, 0) is 6.61 Å². The predicted octanol–water partition coefficient (Wildman–Crippen LogP) is 4.73. The van der Waals surface area contributed by atoms with Gasteiger partial charge in [0.15, 0.2) is 0 Å². The third kappa shape index (κ3) is 3.91. The van der Waals surface area contributed by atoms with Gasteiger partial charge in [-0.25, -0.2) is 4.39 Å². The van der Waals surface area contributed by atoms with Gasteiger partial charge < -0.3 is 9.15 Å². The van der Waals surface area contributed by atoms with Crippen LogP contribution in [0.4, 0.5) is 4.39 Å². The Morgan fingerprint density at radius 3 is 2.67 bits per heavy atom. The van der Waals surface area contributed by atoms with Gasteiger partial charge in [0.05, 0.1) is 12.3 Å². The molecule has 1 unspecified atom stereocenters. The average Bonchev–Trinajstić information content (AvgIpc) is 3.23. The van der Waals surface area contributed by atoms with E-state index in [1.807, 2.05) is 24.3 Å². The Kier molecular flexibility index (Phi) is 5.39. The molecular formula is C25H25FN2O2. The number of halogens is 1. The van der Waals surface area contributed by atoms with E-state index in [4.69, 9.17) is 9.15 Å². The molecule has 4 nitrogen and oxygen atoms in total. The van der Waals surface area contributed by atoms with E-state index in [2.05, 4.69) is 34.1 Å². The Hall–Kier alpha value is -2.89. The fraction of sp³-hybridized carbons (Fsp3) is 0.280. The molecule has 3 aromatic rings. The highest BCUT2D eigenvalue weighted by molar-refractivity contribution is 5.47. The molecule has 0 amide bonds. The first-order valence-corrected chi connectivity index (χ1v) is 10.4. The summed E-state index contributed by atoms with van der Waals surface area (Å²) < 4.78 is 25.6. The Bertz CT molecular complexity index is 1020. The smallest absolute Gasteiger partial charge is 0.126 e. The molecule has 1 atom stereocenters. The van der Waals surface area contributed by atoms with Gasteiger partial charge in [-0.05, 0) is 47.5 Å². The Balaban J connectivity index is 1.35. The van der Waals surface area contributed by atoms with Gasteiger partial charge >= 0.3 is 0 Å². The van der Waals surface area contributed by atoms with Crippen LogP contribution in [0.15, 0.2) is 71.4 Å². The van der Waals surface area contributed by atoms with Crippen LogP contribution in [0.1, 0.15) is 28.5 Å². The molecule has 30 heavy (non-hydrogen) atoms. The quantitative estimate of drug-likeness (QED) is 0.629. The Morgan fingerprint density at radius 2 is 1.83 bits per heavy atom. The SMILES string of the molecule is Fc1ccc2c(c1)C(N1CCN(C/C=C/c3ccco3)CC1)c1ccccc1CO2. The normalized spacial score (nSPS) is 19.8. The molecule has 1 aromatic heterocycles. The fourth-order valence-electron chi connectivity index (χ4n) is 4.42. The monoisotopic (exact) mass is 404 g/mol. The van der Waals surface area contributed by atoms with Gasteiger partial charge in [0, 0.05) is 38.3 Å². The first-order chi connectivity index (χ1) is 14.8. The lowest BCUT2D eigenvalue weighted by Gasteiger charge is -2.39. The van der Waals surface area contributed by atoms with Crippen LogP contribution in [0, 0.1) is 5.82 Å². The number of ether oxygens (including phenoxy) is 1. The zero-order chi connectivity index (χ0) is 20.3. The van der Waals surface area contributed by atoms with E-state index in [9.17, 15) is 4.39 Å². The molecule has 1 saturated heterocycles. The average molecular weight is 404 g/mol.